The summed E-state index contributed by atoms with van der Waals surface area (Å²) >= 11 is 0. The van der Waals surface area contributed by atoms with Crippen LogP contribution in [0.2, 0.25) is 0 Å². The number of piperazine rings is 1. The minimum absolute atomic E-state index is 0.0830. The van der Waals surface area contributed by atoms with Crippen LogP contribution in [0.4, 0.5) is 0 Å². The molecule has 0 aromatic carbocycles. The molecule has 0 aliphatic carbocycles. The number of hydrogen-bond donors (Lipinski definition) is 2. The summed E-state index contributed by atoms with van der Waals surface area (Å²) in [7, 11) is 0. The van der Waals surface area contributed by atoms with Crippen molar-refractivity contribution in [3.63, 3.8) is 0 Å². The molecule has 1 aliphatic rings. The second-order valence-corrected chi connectivity index (χ2v) is 5.00. The molecule has 2 N–H and O–H groups in total. The van der Waals surface area contributed by atoms with Crippen molar-refractivity contribution in [2.75, 3.05) is 45.9 Å². The first-order valence-electron chi connectivity index (χ1n) is 6.37. The third-order valence-corrected chi connectivity index (χ3v) is 2.82. The van der Waals surface area contributed by atoms with Crippen molar-refractivity contribution >= 4 is 5.91 Å². The number of hydrogen-bond acceptors (Lipinski definition) is 4. The smallest absolute Gasteiger partial charge is 0.234 e. The first-order valence-corrected chi connectivity index (χ1v) is 6.37. The van der Waals surface area contributed by atoms with Crippen molar-refractivity contribution < 1.29 is 9.53 Å². The van der Waals surface area contributed by atoms with Gasteiger partial charge in [-0.05, 0) is 20.8 Å². The summed E-state index contributed by atoms with van der Waals surface area (Å²) < 4.78 is 5.53. The summed E-state index contributed by atoms with van der Waals surface area (Å²) in [5.74, 6) is 0.0830. The van der Waals surface area contributed by atoms with Crippen LogP contribution in [0, 0.1) is 0 Å². The molecule has 0 atom stereocenters. The number of nitrogens with one attached hydrogen (secondary N) is 2. The summed E-state index contributed by atoms with van der Waals surface area (Å²) in [6.07, 6.45) is 0. The van der Waals surface area contributed by atoms with E-state index in [1.807, 2.05) is 20.8 Å². The highest BCUT2D eigenvalue weighted by atomic mass is 16.5. The van der Waals surface area contributed by atoms with Gasteiger partial charge in [-0.15, -0.1) is 0 Å². The molecule has 0 aromatic heterocycles. The maximum atomic E-state index is 11.7. The molecule has 5 heteroatoms. The van der Waals surface area contributed by atoms with Gasteiger partial charge in [-0.2, -0.15) is 0 Å². The van der Waals surface area contributed by atoms with Crippen molar-refractivity contribution in [1.82, 2.24) is 15.5 Å². The largest absolute Gasteiger partial charge is 0.374 e. The highest BCUT2D eigenvalue weighted by Crippen LogP contribution is 2.06. The van der Waals surface area contributed by atoms with Crippen LogP contribution in [0.5, 0.6) is 0 Å². The average molecular weight is 243 g/mol. The van der Waals surface area contributed by atoms with E-state index in [2.05, 4.69) is 15.5 Å². The number of carbonyl (C=O) groups is 1. The molecule has 0 bridgehead atoms. The van der Waals surface area contributed by atoms with E-state index in [4.69, 9.17) is 4.74 Å². The maximum absolute atomic E-state index is 11.7. The zero-order valence-electron chi connectivity index (χ0n) is 11.2. The van der Waals surface area contributed by atoms with Gasteiger partial charge in [0.1, 0.15) is 0 Å². The Hall–Kier alpha value is -0.650. The Morgan fingerprint density at radius 3 is 2.65 bits per heavy atom. The van der Waals surface area contributed by atoms with Gasteiger partial charge in [-0.25, -0.2) is 0 Å². The summed E-state index contributed by atoms with van der Waals surface area (Å²) in [4.78, 5) is 13.9. The Bertz CT molecular complexity index is 238. The molecule has 0 unspecified atom stereocenters. The number of rotatable bonds is 6. The van der Waals surface area contributed by atoms with Gasteiger partial charge in [-0.1, -0.05) is 0 Å². The highest BCUT2D eigenvalue weighted by molar-refractivity contribution is 5.78. The topological polar surface area (TPSA) is 53.6 Å². The normalized spacial score (nSPS) is 18.1. The van der Waals surface area contributed by atoms with Crippen LogP contribution in [0.15, 0.2) is 0 Å². The van der Waals surface area contributed by atoms with E-state index < -0.39 is 0 Å². The molecular weight excluding hydrogens is 218 g/mol. The summed E-state index contributed by atoms with van der Waals surface area (Å²) in [6.45, 7) is 11.5. The van der Waals surface area contributed by atoms with Crippen LogP contribution in [-0.2, 0) is 9.53 Å². The quantitative estimate of drug-likeness (QED) is 0.680. The minimum atomic E-state index is -0.284. The molecule has 0 spiro atoms. The molecule has 0 saturated carbocycles. The van der Waals surface area contributed by atoms with E-state index in [0.717, 1.165) is 26.2 Å². The van der Waals surface area contributed by atoms with Gasteiger partial charge >= 0.3 is 0 Å². The Kier molecular flexibility index (Phi) is 5.88. The van der Waals surface area contributed by atoms with Crippen molar-refractivity contribution in [3.8, 4) is 0 Å². The molecule has 100 valence electrons. The molecule has 1 aliphatic heterocycles. The lowest BCUT2D eigenvalue weighted by Crippen LogP contribution is -2.49. The Morgan fingerprint density at radius 2 is 2.06 bits per heavy atom. The van der Waals surface area contributed by atoms with E-state index >= 15 is 0 Å². The van der Waals surface area contributed by atoms with Crippen molar-refractivity contribution in [2.45, 2.75) is 26.4 Å². The number of nitrogens with zero attached hydrogens (tertiary/aromatic N) is 1. The number of amides is 1. The monoisotopic (exact) mass is 243 g/mol. The summed E-state index contributed by atoms with van der Waals surface area (Å²) in [5, 5.41) is 6.20. The third kappa shape index (κ3) is 6.00. The third-order valence-electron chi connectivity index (χ3n) is 2.82. The van der Waals surface area contributed by atoms with E-state index in [1.54, 1.807) is 0 Å². The maximum Gasteiger partial charge on any atom is 0.234 e. The minimum Gasteiger partial charge on any atom is -0.374 e. The second kappa shape index (κ2) is 6.93. The van der Waals surface area contributed by atoms with E-state index in [9.17, 15) is 4.79 Å². The lowest BCUT2D eigenvalue weighted by molar-refractivity contribution is -0.124. The summed E-state index contributed by atoms with van der Waals surface area (Å²) in [6, 6.07) is 0. The summed E-state index contributed by atoms with van der Waals surface area (Å²) in [5.41, 5.74) is -0.284. The van der Waals surface area contributed by atoms with E-state index in [1.165, 1.54) is 0 Å². The lowest BCUT2D eigenvalue weighted by Gasteiger charge is -2.28. The molecule has 5 nitrogen and oxygen atoms in total. The predicted molar refractivity (Wildman–Crippen MR) is 68.0 cm³/mol. The Morgan fingerprint density at radius 1 is 1.41 bits per heavy atom. The predicted octanol–water partition coefficient (Wildman–Crippen LogP) is -0.177. The van der Waals surface area contributed by atoms with Crippen molar-refractivity contribution in [3.05, 3.63) is 0 Å². The van der Waals surface area contributed by atoms with E-state index in [-0.39, 0.29) is 11.5 Å². The SMILES string of the molecule is CCOC(C)(C)CNC(=O)CN1CCNCC1. The standard InChI is InChI=1S/C12H25N3O2/c1-4-17-12(2,3)10-14-11(16)9-15-7-5-13-6-8-15/h13H,4-10H2,1-3H3,(H,14,16). The van der Waals surface area contributed by atoms with Crippen LogP contribution >= 0.6 is 0 Å². The number of carbonyl (C=O) groups excluding carboxylic acids is 1. The molecular formula is C12H25N3O2. The van der Waals surface area contributed by atoms with E-state index in [0.29, 0.717) is 19.7 Å². The van der Waals surface area contributed by atoms with Gasteiger partial charge in [0.05, 0.1) is 12.1 Å². The Labute approximate surface area is 104 Å². The van der Waals surface area contributed by atoms with Gasteiger partial charge in [0.15, 0.2) is 0 Å². The first kappa shape index (κ1) is 14.4. The van der Waals surface area contributed by atoms with Crippen LogP contribution in [0.3, 0.4) is 0 Å². The first-order chi connectivity index (χ1) is 8.03. The van der Waals surface area contributed by atoms with Gasteiger partial charge in [0, 0.05) is 39.3 Å². The van der Waals surface area contributed by atoms with Crippen molar-refractivity contribution in [2.24, 2.45) is 0 Å². The zero-order chi connectivity index (χ0) is 12.7. The molecule has 1 saturated heterocycles. The lowest BCUT2D eigenvalue weighted by atomic mass is 10.1. The highest BCUT2D eigenvalue weighted by Gasteiger charge is 2.19. The van der Waals surface area contributed by atoms with Gasteiger partial charge in [0.25, 0.3) is 0 Å². The zero-order valence-corrected chi connectivity index (χ0v) is 11.2. The fourth-order valence-corrected chi connectivity index (χ4v) is 1.88. The fourth-order valence-electron chi connectivity index (χ4n) is 1.88. The van der Waals surface area contributed by atoms with Gasteiger partial charge in [-0.3, -0.25) is 9.69 Å². The van der Waals surface area contributed by atoms with Crippen LogP contribution in [0.25, 0.3) is 0 Å². The molecule has 1 rings (SSSR count). The molecule has 0 aromatic rings. The van der Waals surface area contributed by atoms with Gasteiger partial charge in [0.2, 0.25) is 5.91 Å². The molecule has 1 amide bonds. The molecule has 1 fully saturated rings. The fraction of sp³-hybridized carbons (Fsp3) is 0.917. The van der Waals surface area contributed by atoms with Crippen LogP contribution in [-0.4, -0.2) is 62.3 Å². The average Bonchev–Trinajstić information content (AvgIpc) is 2.28. The number of ether oxygens (including phenoxy) is 1. The molecule has 1 heterocycles. The molecule has 17 heavy (non-hydrogen) atoms. The van der Waals surface area contributed by atoms with Crippen LogP contribution in [0.1, 0.15) is 20.8 Å². The molecule has 0 radical (unpaired) electrons. The van der Waals surface area contributed by atoms with Gasteiger partial charge < -0.3 is 15.4 Å². The second-order valence-electron chi connectivity index (χ2n) is 5.00. The van der Waals surface area contributed by atoms with Crippen molar-refractivity contribution in [1.29, 1.82) is 0 Å². The van der Waals surface area contributed by atoms with Crippen LogP contribution < -0.4 is 10.6 Å². The Balaban J connectivity index is 2.20.